The number of hydrogen-bond acceptors (Lipinski definition) is 0. The minimum atomic E-state index is 0.446. The van der Waals surface area contributed by atoms with E-state index >= 15 is 0 Å². The van der Waals surface area contributed by atoms with Crippen molar-refractivity contribution < 1.29 is 0 Å². The summed E-state index contributed by atoms with van der Waals surface area (Å²) in [5.74, 6) is 1.92. The molecule has 0 spiro atoms. The summed E-state index contributed by atoms with van der Waals surface area (Å²) in [5.41, 5.74) is 12.9. The van der Waals surface area contributed by atoms with Crippen LogP contribution in [0, 0.1) is 33.5 Å². The van der Waals surface area contributed by atoms with Crippen LogP contribution in [0.4, 0.5) is 0 Å². The third-order valence-electron chi connectivity index (χ3n) is 13.4. The molecule has 8 fully saturated rings. The topological polar surface area (TPSA) is 0 Å². The van der Waals surface area contributed by atoms with Gasteiger partial charge < -0.3 is 0 Å². The maximum atomic E-state index is 2.70. The molecule has 0 aliphatic heterocycles. The molecular weight excluding hydrogens is 444 g/mol. The minimum Gasteiger partial charge on any atom is -0.0596 e. The van der Waals surface area contributed by atoms with Crippen molar-refractivity contribution in [1.29, 1.82) is 0 Å². The Morgan fingerprint density at radius 3 is 1.22 bits per heavy atom. The standard InChI is InChI=1S/C37H46/c1-32-12-24-13-33(2,18-32)21-36(16-24,20-32)28-5-7-30-26(10-28)9-27-11-29(6-8-31(27)30)37-17-25-14-34(3,22-37)19-35(4,15-25)23-37/h5-8,10-11,24-25H,9,12-23H2,1-4H3. The Kier molecular flexibility index (Phi) is 3.87. The van der Waals surface area contributed by atoms with Gasteiger partial charge in [0.2, 0.25) is 0 Å². The molecule has 0 amide bonds. The maximum Gasteiger partial charge on any atom is -0.00132 e. The van der Waals surface area contributed by atoms with Crippen LogP contribution in [0.3, 0.4) is 0 Å². The lowest BCUT2D eigenvalue weighted by Crippen LogP contribution is -2.56. The van der Waals surface area contributed by atoms with E-state index in [1.807, 2.05) is 0 Å². The van der Waals surface area contributed by atoms with E-state index in [-0.39, 0.29) is 0 Å². The monoisotopic (exact) mass is 490 g/mol. The molecule has 0 heteroatoms. The highest BCUT2D eigenvalue weighted by molar-refractivity contribution is 5.78. The van der Waals surface area contributed by atoms with Crippen molar-refractivity contribution >= 4 is 0 Å². The van der Waals surface area contributed by atoms with Gasteiger partial charge in [-0.25, -0.2) is 0 Å². The molecule has 9 aliphatic carbocycles. The van der Waals surface area contributed by atoms with E-state index in [2.05, 4.69) is 64.1 Å². The predicted molar refractivity (Wildman–Crippen MR) is 153 cm³/mol. The Balaban J connectivity index is 1.07. The first kappa shape index (κ1) is 22.3. The third-order valence-corrected chi connectivity index (χ3v) is 13.4. The fourth-order valence-electron chi connectivity index (χ4n) is 14.4. The second kappa shape index (κ2) is 6.42. The van der Waals surface area contributed by atoms with Crippen molar-refractivity contribution in [2.75, 3.05) is 0 Å². The molecular formula is C37H46. The summed E-state index contributed by atoms with van der Waals surface area (Å²) in [7, 11) is 0. The molecule has 0 aromatic heterocycles. The molecule has 37 heavy (non-hydrogen) atoms. The van der Waals surface area contributed by atoms with E-state index < -0.39 is 0 Å². The second-order valence-corrected chi connectivity index (χ2v) is 17.7. The smallest absolute Gasteiger partial charge is 0.00132 e. The van der Waals surface area contributed by atoms with Gasteiger partial charge in [0.25, 0.3) is 0 Å². The van der Waals surface area contributed by atoms with E-state index in [1.165, 1.54) is 88.2 Å². The van der Waals surface area contributed by atoms with E-state index in [4.69, 9.17) is 0 Å². The van der Waals surface area contributed by atoms with Crippen LogP contribution in [0.2, 0.25) is 0 Å². The molecule has 8 saturated carbocycles. The first-order valence-corrected chi connectivity index (χ1v) is 15.7. The molecule has 194 valence electrons. The summed E-state index contributed by atoms with van der Waals surface area (Å²) >= 11 is 0. The zero-order valence-electron chi connectivity index (χ0n) is 23.8. The van der Waals surface area contributed by atoms with Gasteiger partial charge >= 0.3 is 0 Å². The van der Waals surface area contributed by atoms with Crippen molar-refractivity contribution in [3.8, 4) is 11.1 Å². The molecule has 4 unspecified atom stereocenters. The largest absolute Gasteiger partial charge is 0.0596 e. The summed E-state index contributed by atoms with van der Waals surface area (Å²) in [5, 5.41) is 0. The second-order valence-electron chi connectivity index (χ2n) is 17.7. The van der Waals surface area contributed by atoms with Gasteiger partial charge in [-0.05, 0) is 161 Å². The van der Waals surface area contributed by atoms with Gasteiger partial charge in [-0.3, -0.25) is 0 Å². The Bertz CT molecular complexity index is 1220. The third kappa shape index (κ3) is 2.97. The van der Waals surface area contributed by atoms with Gasteiger partial charge in [0.05, 0.1) is 0 Å². The Labute approximate surface area is 225 Å². The number of fused-ring (bicyclic) bond motifs is 3. The predicted octanol–water partition coefficient (Wildman–Crippen LogP) is 9.75. The lowest BCUT2D eigenvalue weighted by Gasteiger charge is -2.65. The normalized spacial score (nSPS) is 49.9. The van der Waals surface area contributed by atoms with Crippen molar-refractivity contribution in [1.82, 2.24) is 0 Å². The fraction of sp³-hybridized carbons (Fsp3) is 0.676. The van der Waals surface area contributed by atoms with Crippen molar-refractivity contribution in [3.63, 3.8) is 0 Å². The van der Waals surface area contributed by atoms with Gasteiger partial charge in [0, 0.05) is 0 Å². The Hall–Kier alpha value is -1.56. The molecule has 0 radical (unpaired) electrons. The number of benzene rings is 2. The zero-order valence-corrected chi connectivity index (χ0v) is 23.8. The average molecular weight is 491 g/mol. The van der Waals surface area contributed by atoms with E-state index in [1.54, 1.807) is 22.3 Å². The SMILES string of the molecule is CC12CC3CC(C)(C1)CC(c1ccc4c(c1)Cc1cc(C56CC7CC(C)(CC(C)(C7)C5)C6)ccc1-4)(C3)C2. The van der Waals surface area contributed by atoms with Crippen LogP contribution in [0.5, 0.6) is 0 Å². The lowest BCUT2D eigenvalue weighted by atomic mass is 9.39. The van der Waals surface area contributed by atoms with Crippen LogP contribution in [-0.2, 0) is 17.3 Å². The van der Waals surface area contributed by atoms with Gasteiger partial charge in [-0.1, -0.05) is 64.1 Å². The van der Waals surface area contributed by atoms with Crippen molar-refractivity contribution in [3.05, 3.63) is 58.7 Å². The lowest BCUT2D eigenvalue weighted by molar-refractivity contribution is -0.110. The molecule has 4 atom stereocenters. The van der Waals surface area contributed by atoms with Crippen LogP contribution in [0.15, 0.2) is 36.4 Å². The molecule has 9 aliphatic rings. The Morgan fingerprint density at radius 1 is 0.486 bits per heavy atom. The molecule has 0 heterocycles. The van der Waals surface area contributed by atoms with E-state index in [9.17, 15) is 0 Å². The minimum absolute atomic E-state index is 0.446. The van der Waals surface area contributed by atoms with Crippen molar-refractivity contribution in [2.24, 2.45) is 33.5 Å². The zero-order chi connectivity index (χ0) is 25.1. The van der Waals surface area contributed by atoms with E-state index in [0.29, 0.717) is 32.5 Å². The molecule has 0 saturated heterocycles. The summed E-state index contributed by atoms with van der Waals surface area (Å²) in [6.07, 6.45) is 18.7. The highest BCUT2D eigenvalue weighted by Gasteiger charge is 2.61. The molecule has 8 bridgehead atoms. The average Bonchev–Trinajstić information content (AvgIpc) is 3.11. The van der Waals surface area contributed by atoms with Crippen LogP contribution >= 0.6 is 0 Å². The van der Waals surface area contributed by atoms with Crippen LogP contribution in [-0.4, -0.2) is 0 Å². The first-order valence-electron chi connectivity index (χ1n) is 15.7. The van der Waals surface area contributed by atoms with Crippen LogP contribution in [0.1, 0.15) is 127 Å². The van der Waals surface area contributed by atoms with Gasteiger partial charge in [0.1, 0.15) is 0 Å². The van der Waals surface area contributed by atoms with Crippen molar-refractivity contribution in [2.45, 2.75) is 122 Å². The molecule has 0 N–H and O–H groups in total. The van der Waals surface area contributed by atoms with E-state index in [0.717, 1.165) is 18.3 Å². The molecule has 2 aromatic rings. The first-order chi connectivity index (χ1) is 17.5. The summed E-state index contributed by atoms with van der Waals surface area (Å²) in [6, 6.07) is 15.6. The summed E-state index contributed by atoms with van der Waals surface area (Å²) in [6.45, 7) is 10.5. The molecule has 11 rings (SSSR count). The number of rotatable bonds is 2. The van der Waals surface area contributed by atoms with Gasteiger partial charge in [0.15, 0.2) is 0 Å². The van der Waals surface area contributed by atoms with Gasteiger partial charge in [-0.2, -0.15) is 0 Å². The number of hydrogen-bond donors (Lipinski definition) is 0. The van der Waals surface area contributed by atoms with Crippen LogP contribution < -0.4 is 0 Å². The quantitative estimate of drug-likeness (QED) is 0.335. The highest BCUT2D eigenvalue weighted by Crippen LogP contribution is 2.71. The summed E-state index contributed by atoms with van der Waals surface area (Å²) < 4.78 is 0. The maximum absolute atomic E-state index is 2.70. The van der Waals surface area contributed by atoms with Gasteiger partial charge in [-0.15, -0.1) is 0 Å². The molecule has 0 nitrogen and oxygen atoms in total. The molecule has 2 aromatic carbocycles. The Morgan fingerprint density at radius 2 is 0.865 bits per heavy atom. The fourth-order valence-corrected chi connectivity index (χ4v) is 14.4. The summed E-state index contributed by atoms with van der Waals surface area (Å²) in [4.78, 5) is 0. The highest BCUT2D eigenvalue weighted by atomic mass is 14.7. The van der Waals surface area contributed by atoms with Crippen LogP contribution in [0.25, 0.3) is 11.1 Å².